The maximum Gasteiger partial charge on any atom is 0.254 e. The van der Waals surface area contributed by atoms with Gasteiger partial charge in [-0.1, -0.05) is 17.7 Å². The molecule has 0 aliphatic carbocycles. The summed E-state index contributed by atoms with van der Waals surface area (Å²) in [6.07, 6.45) is 0.988. The Morgan fingerprint density at radius 3 is 2.74 bits per heavy atom. The van der Waals surface area contributed by atoms with E-state index in [9.17, 15) is 4.79 Å². The summed E-state index contributed by atoms with van der Waals surface area (Å²) in [6.45, 7) is 5.40. The van der Waals surface area contributed by atoms with Crippen LogP contribution in [0.4, 0.5) is 0 Å². The van der Waals surface area contributed by atoms with Crippen molar-refractivity contribution in [2.45, 2.75) is 26.3 Å². The average Bonchev–Trinajstić information content (AvgIpc) is 2.73. The van der Waals surface area contributed by atoms with Crippen LogP contribution in [0.1, 0.15) is 29.3 Å². The van der Waals surface area contributed by atoms with Crippen molar-refractivity contribution in [1.82, 2.24) is 4.90 Å². The number of amides is 1. The van der Waals surface area contributed by atoms with Gasteiger partial charge in [0.1, 0.15) is 0 Å². The molecule has 1 amide bonds. The summed E-state index contributed by atoms with van der Waals surface area (Å²) < 4.78 is 0. The van der Waals surface area contributed by atoms with E-state index in [0.29, 0.717) is 23.0 Å². The number of benzene rings is 1. The summed E-state index contributed by atoms with van der Waals surface area (Å²) in [4.78, 5) is 14.3. The monoisotopic (exact) mass is 302 g/mol. The molecule has 1 aliphatic rings. The number of aryl methyl sites for hydroxylation is 1. The third-order valence-electron chi connectivity index (χ3n) is 3.67. The number of hydrogen-bond donors (Lipinski definition) is 1. The summed E-state index contributed by atoms with van der Waals surface area (Å²) in [5, 5.41) is 0.642. The molecule has 5 heteroatoms. The number of carbonyl (C=O) groups excluding carboxylic acids is 1. The molecule has 19 heavy (non-hydrogen) atoms. The second-order valence-corrected chi connectivity index (χ2v) is 5.52. The fourth-order valence-electron chi connectivity index (χ4n) is 2.49. The SMILES string of the molecule is Cc1ccc(C(=O)N2CC(CN)CC2C)cc1Cl.Cl. The Hall–Kier alpha value is -0.770. The van der Waals surface area contributed by atoms with E-state index in [-0.39, 0.29) is 24.4 Å². The summed E-state index contributed by atoms with van der Waals surface area (Å²) in [6, 6.07) is 5.73. The van der Waals surface area contributed by atoms with E-state index in [1.807, 2.05) is 24.0 Å². The molecule has 0 saturated carbocycles. The Bertz CT molecular complexity index is 465. The van der Waals surface area contributed by atoms with Crippen LogP contribution in [0.3, 0.4) is 0 Å². The van der Waals surface area contributed by atoms with Gasteiger partial charge in [-0.05, 0) is 50.4 Å². The van der Waals surface area contributed by atoms with Crippen molar-refractivity contribution in [3.63, 3.8) is 0 Å². The number of hydrogen-bond acceptors (Lipinski definition) is 2. The first-order valence-electron chi connectivity index (χ1n) is 6.30. The Labute approximate surface area is 125 Å². The minimum absolute atomic E-state index is 0. The number of nitrogens with zero attached hydrogens (tertiary/aromatic N) is 1. The van der Waals surface area contributed by atoms with E-state index >= 15 is 0 Å². The predicted octanol–water partition coefficient (Wildman–Crippen LogP) is 2.88. The van der Waals surface area contributed by atoms with Gasteiger partial charge in [-0.2, -0.15) is 0 Å². The van der Waals surface area contributed by atoms with Crippen molar-refractivity contribution in [1.29, 1.82) is 0 Å². The first-order valence-corrected chi connectivity index (χ1v) is 6.68. The van der Waals surface area contributed by atoms with Gasteiger partial charge in [0, 0.05) is 23.2 Å². The zero-order valence-electron chi connectivity index (χ0n) is 11.2. The molecule has 2 atom stereocenters. The molecule has 0 spiro atoms. The third kappa shape index (κ3) is 3.41. The minimum atomic E-state index is 0. The Morgan fingerprint density at radius 2 is 2.21 bits per heavy atom. The average molecular weight is 303 g/mol. The molecule has 1 saturated heterocycles. The number of nitrogens with two attached hydrogens (primary N) is 1. The van der Waals surface area contributed by atoms with Crippen molar-refractivity contribution < 1.29 is 4.79 Å². The van der Waals surface area contributed by atoms with Crippen molar-refractivity contribution in [2.24, 2.45) is 11.7 Å². The van der Waals surface area contributed by atoms with E-state index in [4.69, 9.17) is 17.3 Å². The fraction of sp³-hybridized carbons (Fsp3) is 0.500. The number of likely N-dealkylation sites (tertiary alicyclic amines) is 1. The normalized spacial score (nSPS) is 22.2. The molecule has 0 aromatic heterocycles. The van der Waals surface area contributed by atoms with Gasteiger partial charge in [-0.15, -0.1) is 12.4 Å². The Balaban J connectivity index is 0.00000180. The van der Waals surface area contributed by atoms with E-state index in [2.05, 4.69) is 6.92 Å². The van der Waals surface area contributed by atoms with Crippen molar-refractivity contribution >= 4 is 29.9 Å². The molecule has 106 valence electrons. The van der Waals surface area contributed by atoms with Gasteiger partial charge in [0.2, 0.25) is 0 Å². The summed E-state index contributed by atoms with van der Waals surface area (Å²) in [7, 11) is 0. The van der Waals surface area contributed by atoms with Gasteiger partial charge in [0.05, 0.1) is 0 Å². The van der Waals surface area contributed by atoms with Crippen LogP contribution >= 0.6 is 24.0 Å². The summed E-state index contributed by atoms with van der Waals surface area (Å²) in [5.74, 6) is 0.477. The lowest BCUT2D eigenvalue weighted by molar-refractivity contribution is 0.0743. The van der Waals surface area contributed by atoms with E-state index < -0.39 is 0 Å². The molecule has 1 aromatic carbocycles. The maximum atomic E-state index is 12.4. The van der Waals surface area contributed by atoms with Crippen LogP contribution in [0.2, 0.25) is 5.02 Å². The highest BCUT2D eigenvalue weighted by atomic mass is 35.5. The minimum Gasteiger partial charge on any atom is -0.336 e. The van der Waals surface area contributed by atoms with Crippen molar-refractivity contribution in [2.75, 3.05) is 13.1 Å². The van der Waals surface area contributed by atoms with E-state index in [0.717, 1.165) is 18.5 Å². The van der Waals surface area contributed by atoms with Crippen LogP contribution in [0.15, 0.2) is 18.2 Å². The lowest BCUT2D eigenvalue weighted by Gasteiger charge is -2.21. The largest absolute Gasteiger partial charge is 0.336 e. The second kappa shape index (κ2) is 6.60. The summed E-state index contributed by atoms with van der Waals surface area (Å²) >= 11 is 6.07. The van der Waals surface area contributed by atoms with Gasteiger partial charge in [-0.25, -0.2) is 0 Å². The van der Waals surface area contributed by atoms with Gasteiger partial charge >= 0.3 is 0 Å². The molecule has 0 bridgehead atoms. The predicted molar refractivity (Wildman–Crippen MR) is 81.1 cm³/mol. The van der Waals surface area contributed by atoms with Gasteiger partial charge in [0.25, 0.3) is 5.91 Å². The molecule has 1 fully saturated rings. The van der Waals surface area contributed by atoms with Crippen LogP contribution in [0, 0.1) is 12.8 Å². The lowest BCUT2D eigenvalue weighted by atomic mass is 10.1. The van der Waals surface area contributed by atoms with Crippen LogP contribution in [0.5, 0.6) is 0 Å². The highest BCUT2D eigenvalue weighted by Crippen LogP contribution is 2.25. The number of rotatable bonds is 2. The molecule has 3 nitrogen and oxygen atoms in total. The van der Waals surface area contributed by atoms with Crippen molar-refractivity contribution in [3.8, 4) is 0 Å². The molecule has 1 heterocycles. The van der Waals surface area contributed by atoms with E-state index in [1.165, 1.54) is 0 Å². The molecule has 1 aliphatic heterocycles. The zero-order valence-corrected chi connectivity index (χ0v) is 12.8. The fourth-order valence-corrected chi connectivity index (χ4v) is 2.67. The quantitative estimate of drug-likeness (QED) is 0.913. The van der Waals surface area contributed by atoms with Crippen LogP contribution in [-0.4, -0.2) is 29.9 Å². The number of carbonyl (C=O) groups is 1. The first kappa shape index (κ1) is 16.3. The number of halogens is 2. The first-order chi connectivity index (χ1) is 8.52. The molecule has 0 radical (unpaired) electrons. The van der Waals surface area contributed by atoms with Crippen LogP contribution < -0.4 is 5.73 Å². The highest BCUT2D eigenvalue weighted by Gasteiger charge is 2.32. The topological polar surface area (TPSA) is 46.3 Å². The third-order valence-corrected chi connectivity index (χ3v) is 4.08. The van der Waals surface area contributed by atoms with Gasteiger partial charge in [0.15, 0.2) is 0 Å². The molecular formula is C14H20Cl2N2O. The standard InChI is InChI=1S/C14H19ClN2O.ClH/c1-9-3-4-12(6-13(9)15)14(18)17-8-11(7-16)5-10(17)2;/h3-4,6,10-11H,5,7-8,16H2,1-2H3;1H. The Morgan fingerprint density at radius 1 is 1.53 bits per heavy atom. The highest BCUT2D eigenvalue weighted by molar-refractivity contribution is 6.31. The van der Waals surface area contributed by atoms with Gasteiger partial charge < -0.3 is 10.6 Å². The smallest absolute Gasteiger partial charge is 0.254 e. The van der Waals surface area contributed by atoms with Gasteiger partial charge in [-0.3, -0.25) is 4.79 Å². The summed E-state index contributed by atoms with van der Waals surface area (Å²) in [5.41, 5.74) is 7.33. The van der Waals surface area contributed by atoms with Crippen molar-refractivity contribution in [3.05, 3.63) is 34.3 Å². The Kier molecular flexibility index (Phi) is 5.65. The van der Waals surface area contributed by atoms with Crippen LogP contribution in [0.25, 0.3) is 0 Å². The zero-order chi connectivity index (χ0) is 13.3. The maximum absolute atomic E-state index is 12.4. The molecule has 2 unspecified atom stereocenters. The van der Waals surface area contributed by atoms with E-state index in [1.54, 1.807) is 6.07 Å². The molecule has 1 aromatic rings. The molecular weight excluding hydrogens is 283 g/mol. The van der Waals surface area contributed by atoms with Crippen LogP contribution in [-0.2, 0) is 0 Å². The molecule has 2 N–H and O–H groups in total. The molecule has 2 rings (SSSR count). The second-order valence-electron chi connectivity index (χ2n) is 5.11. The lowest BCUT2D eigenvalue weighted by Crippen LogP contribution is -2.34.